The molecule has 1 atom stereocenters. The number of rotatable bonds is 4. The van der Waals surface area contributed by atoms with E-state index in [1.165, 1.54) is 0 Å². The van der Waals surface area contributed by atoms with Gasteiger partial charge in [0.1, 0.15) is 0 Å². The normalized spacial score (nSPS) is 10.5. The summed E-state index contributed by atoms with van der Waals surface area (Å²) >= 11 is 0. The maximum absolute atomic E-state index is 9.93. The largest absolute Gasteiger partial charge is 0.396 e. The molecule has 0 saturated heterocycles. The molecule has 0 fully saturated rings. The first-order chi connectivity index (χ1) is 3.81. The summed E-state index contributed by atoms with van der Waals surface area (Å²) in [5.74, 6) is 0.400. The van der Waals surface area contributed by atoms with Crippen molar-refractivity contribution >= 4 is 0 Å². The minimum Gasteiger partial charge on any atom is -0.396 e. The highest BCUT2D eigenvalue weighted by Gasteiger charge is 1.98. The molecule has 0 saturated carbocycles. The van der Waals surface area contributed by atoms with Gasteiger partial charge < -0.3 is 5.11 Å². The third-order valence-corrected chi connectivity index (χ3v) is 1.23. The molecule has 0 aliphatic carbocycles. The molecule has 0 aliphatic heterocycles. The molecule has 0 aromatic heterocycles. The van der Waals surface area contributed by atoms with Crippen molar-refractivity contribution in [2.45, 2.75) is 19.8 Å². The minimum atomic E-state index is -0.0127. The van der Waals surface area contributed by atoms with E-state index in [-0.39, 0.29) is 13.2 Å². The van der Waals surface area contributed by atoms with E-state index in [9.17, 15) is 5.11 Å². The van der Waals surface area contributed by atoms with E-state index in [1.54, 1.807) is 0 Å². The summed E-state index contributed by atoms with van der Waals surface area (Å²) in [6.07, 6.45) is 1.46. The highest BCUT2D eigenvalue weighted by Crippen LogP contribution is 2.04. The second-order valence-corrected chi connectivity index (χ2v) is 2.11. The van der Waals surface area contributed by atoms with Gasteiger partial charge in [-0.05, 0) is 18.8 Å². The maximum Gasteiger partial charge on any atom is 0.0824 e. The topological polar surface area (TPSA) is 40.1 Å². The summed E-state index contributed by atoms with van der Waals surface area (Å²) in [5.41, 5.74) is 0. The molecule has 8 heavy (non-hydrogen) atoms. The summed E-state index contributed by atoms with van der Waals surface area (Å²) < 4.78 is 0. The molecular weight excluding hydrogens is 104 g/mol. The Labute approximate surface area is 50.2 Å². The maximum atomic E-state index is 9.93. The van der Waals surface area contributed by atoms with Gasteiger partial charge >= 0.3 is 0 Å². The first-order valence-corrected chi connectivity index (χ1v) is 3.00. The number of aliphatic hydroxyl groups is 1. The van der Waals surface area contributed by atoms with E-state index < -0.39 is 0 Å². The lowest BCUT2D eigenvalue weighted by molar-refractivity contribution is 0.163. The molecule has 2 heteroatoms. The number of hydrogen-bond donors (Lipinski definition) is 1. The molecule has 0 aliphatic rings. The summed E-state index contributed by atoms with van der Waals surface area (Å²) in [6, 6.07) is 0. The van der Waals surface area contributed by atoms with Gasteiger partial charge in [0, 0.05) is 6.61 Å². The van der Waals surface area contributed by atoms with E-state index >= 15 is 0 Å². The van der Waals surface area contributed by atoms with Crippen molar-refractivity contribution in [2.75, 3.05) is 13.2 Å². The zero-order valence-corrected chi connectivity index (χ0v) is 5.26. The highest BCUT2D eigenvalue weighted by atomic mass is 16.3. The van der Waals surface area contributed by atoms with Crippen LogP contribution in [0.25, 0.3) is 0 Å². The van der Waals surface area contributed by atoms with Crippen LogP contribution in [-0.4, -0.2) is 18.3 Å². The Balaban J connectivity index is 2.92. The Morgan fingerprint density at radius 2 is 2.12 bits per heavy atom. The van der Waals surface area contributed by atoms with Crippen molar-refractivity contribution in [3.8, 4) is 0 Å². The first-order valence-electron chi connectivity index (χ1n) is 3.00. The molecule has 0 amide bonds. The third-order valence-electron chi connectivity index (χ3n) is 1.23. The van der Waals surface area contributed by atoms with Crippen molar-refractivity contribution in [1.82, 2.24) is 0 Å². The number of hydrogen-bond acceptors (Lipinski definition) is 1. The van der Waals surface area contributed by atoms with E-state index in [2.05, 4.69) is 0 Å². The highest BCUT2D eigenvalue weighted by molar-refractivity contribution is 4.49. The van der Waals surface area contributed by atoms with E-state index in [1.807, 2.05) is 6.92 Å². The fraction of sp³-hybridized carbons (Fsp3) is 1.00. The first kappa shape index (κ1) is 7.92. The van der Waals surface area contributed by atoms with Crippen molar-refractivity contribution in [1.29, 1.82) is 0 Å². The van der Waals surface area contributed by atoms with Crippen LogP contribution in [-0.2, 0) is 5.11 Å². The van der Waals surface area contributed by atoms with Crippen LogP contribution in [0.5, 0.6) is 0 Å². The van der Waals surface area contributed by atoms with Crippen molar-refractivity contribution < 1.29 is 10.2 Å². The van der Waals surface area contributed by atoms with Crippen LogP contribution in [0.3, 0.4) is 0 Å². The van der Waals surface area contributed by atoms with Crippen LogP contribution < -0.4 is 0 Å². The Morgan fingerprint density at radius 1 is 1.50 bits per heavy atom. The summed E-state index contributed by atoms with van der Waals surface area (Å²) in [6.45, 7) is 2.18. The van der Waals surface area contributed by atoms with Crippen LogP contribution in [0, 0.1) is 5.92 Å². The van der Waals surface area contributed by atoms with Crippen LogP contribution >= 0.6 is 0 Å². The summed E-state index contributed by atoms with van der Waals surface area (Å²) in [5, 5.41) is 18.3. The molecule has 1 unspecified atom stereocenters. The van der Waals surface area contributed by atoms with Crippen LogP contribution in [0.15, 0.2) is 0 Å². The SMILES string of the molecule is CC(CC[O])CCO. The average molecular weight is 117 g/mol. The smallest absolute Gasteiger partial charge is 0.0824 e. The second-order valence-electron chi connectivity index (χ2n) is 2.11. The van der Waals surface area contributed by atoms with Crippen LogP contribution in [0.1, 0.15) is 19.8 Å². The van der Waals surface area contributed by atoms with Crippen molar-refractivity contribution in [2.24, 2.45) is 5.92 Å². The van der Waals surface area contributed by atoms with Crippen molar-refractivity contribution in [3.63, 3.8) is 0 Å². The molecule has 0 aromatic carbocycles. The predicted octanol–water partition coefficient (Wildman–Crippen LogP) is 0.825. The minimum absolute atomic E-state index is 0.0127. The Bertz CT molecular complexity index is 39.8. The second kappa shape index (κ2) is 5.06. The fourth-order valence-electron chi connectivity index (χ4n) is 0.566. The van der Waals surface area contributed by atoms with Crippen LogP contribution in [0.2, 0.25) is 0 Å². The van der Waals surface area contributed by atoms with Gasteiger partial charge in [-0.15, -0.1) is 0 Å². The van der Waals surface area contributed by atoms with Gasteiger partial charge in [0.15, 0.2) is 0 Å². The molecule has 0 heterocycles. The van der Waals surface area contributed by atoms with Gasteiger partial charge in [0.2, 0.25) is 0 Å². The zero-order valence-electron chi connectivity index (χ0n) is 5.26. The van der Waals surface area contributed by atoms with Crippen molar-refractivity contribution in [3.05, 3.63) is 0 Å². The quantitative estimate of drug-likeness (QED) is 0.582. The monoisotopic (exact) mass is 117 g/mol. The standard InChI is InChI=1S/C6H13O2/c1-6(2-4-7)3-5-8/h6-7H,2-5H2,1H3. The van der Waals surface area contributed by atoms with Crippen LogP contribution in [0.4, 0.5) is 0 Å². The molecule has 49 valence electrons. The average Bonchev–Trinajstić information content (AvgIpc) is 1.68. The molecule has 0 spiro atoms. The van der Waals surface area contributed by atoms with Gasteiger partial charge in [-0.2, -0.15) is 0 Å². The Morgan fingerprint density at radius 3 is 2.50 bits per heavy atom. The van der Waals surface area contributed by atoms with E-state index in [0.29, 0.717) is 12.3 Å². The molecule has 1 radical (unpaired) electrons. The molecule has 0 rings (SSSR count). The van der Waals surface area contributed by atoms with Gasteiger partial charge in [-0.1, -0.05) is 6.92 Å². The summed E-state index contributed by atoms with van der Waals surface area (Å²) in [7, 11) is 0. The van der Waals surface area contributed by atoms with Gasteiger partial charge in [0.05, 0.1) is 6.61 Å². The van der Waals surface area contributed by atoms with E-state index in [4.69, 9.17) is 5.11 Å². The zero-order chi connectivity index (χ0) is 6.41. The molecule has 0 aromatic rings. The Kier molecular flexibility index (Phi) is 5.01. The third kappa shape index (κ3) is 4.09. The molecule has 0 bridgehead atoms. The Hall–Kier alpha value is -0.0800. The lowest BCUT2D eigenvalue weighted by atomic mass is 10.1. The lowest BCUT2D eigenvalue weighted by Crippen LogP contribution is -1.99. The summed E-state index contributed by atoms with van der Waals surface area (Å²) in [4.78, 5) is 0. The van der Waals surface area contributed by atoms with Gasteiger partial charge in [-0.25, -0.2) is 5.11 Å². The van der Waals surface area contributed by atoms with E-state index in [0.717, 1.165) is 6.42 Å². The van der Waals surface area contributed by atoms with Gasteiger partial charge in [0.25, 0.3) is 0 Å². The molecule has 2 nitrogen and oxygen atoms in total. The molecular formula is C6H13O2. The molecule has 1 N–H and O–H groups in total. The fourth-order valence-corrected chi connectivity index (χ4v) is 0.566. The number of aliphatic hydroxyl groups excluding tert-OH is 1. The van der Waals surface area contributed by atoms with Gasteiger partial charge in [-0.3, -0.25) is 0 Å². The lowest BCUT2D eigenvalue weighted by Gasteiger charge is -2.03. The predicted molar refractivity (Wildman–Crippen MR) is 31.0 cm³/mol.